The van der Waals surface area contributed by atoms with E-state index in [9.17, 15) is 4.79 Å². The van der Waals surface area contributed by atoms with E-state index in [2.05, 4.69) is 11.7 Å². The molecule has 0 aliphatic rings. The highest BCUT2D eigenvalue weighted by molar-refractivity contribution is 7.99. The van der Waals surface area contributed by atoms with E-state index in [-0.39, 0.29) is 5.57 Å². The summed E-state index contributed by atoms with van der Waals surface area (Å²) in [7, 11) is 1.83. The van der Waals surface area contributed by atoms with Crippen molar-refractivity contribution in [3.8, 4) is 0 Å². The monoisotopic (exact) mass is 212 g/mol. The molecule has 1 rings (SSSR count). The number of hydrogen-bond acceptors (Lipinski definition) is 3. The van der Waals surface area contributed by atoms with Crippen LogP contribution in [-0.4, -0.2) is 26.6 Å². The molecule has 0 aromatic carbocycles. The molecule has 0 bridgehead atoms. The van der Waals surface area contributed by atoms with E-state index in [0.717, 1.165) is 10.7 Å². The lowest BCUT2D eigenvalue weighted by atomic mass is 10.4. The summed E-state index contributed by atoms with van der Waals surface area (Å²) in [5.74, 6) is -0.565. The lowest BCUT2D eigenvalue weighted by Crippen LogP contribution is -2.02. The number of thioether (sulfide) groups is 1. The molecule has 1 heterocycles. The highest BCUT2D eigenvalue weighted by Crippen LogP contribution is 2.20. The summed E-state index contributed by atoms with van der Waals surface area (Å²) in [6.07, 6.45) is 0. The number of aliphatic carboxylic acids is 1. The first kappa shape index (κ1) is 10.8. The molecule has 14 heavy (non-hydrogen) atoms. The molecule has 1 N–H and O–H groups in total. The Hall–Kier alpha value is -1.23. The van der Waals surface area contributed by atoms with Crippen molar-refractivity contribution in [3.63, 3.8) is 0 Å². The van der Waals surface area contributed by atoms with E-state index in [1.54, 1.807) is 4.68 Å². The fraction of sp³-hybridized carbons (Fsp3) is 0.333. The van der Waals surface area contributed by atoms with Crippen molar-refractivity contribution >= 4 is 17.7 Å². The predicted octanol–water partition coefficient (Wildman–Crippen LogP) is 1.46. The molecule has 0 spiro atoms. The molecular weight excluding hydrogens is 200 g/mol. The third-order valence-electron chi connectivity index (χ3n) is 1.66. The van der Waals surface area contributed by atoms with Gasteiger partial charge in [0.05, 0.1) is 10.7 Å². The molecule has 0 saturated heterocycles. The van der Waals surface area contributed by atoms with Gasteiger partial charge in [0.25, 0.3) is 0 Å². The average molecular weight is 212 g/mol. The zero-order chi connectivity index (χ0) is 10.7. The van der Waals surface area contributed by atoms with E-state index in [4.69, 9.17) is 5.11 Å². The number of nitrogens with zero attached hydrogens (tertiary/aromatic N) is 2. The largest absolute Gasteiger partial charge is 0.478 e. The zero-order valence-electron chi connectivity index (χ0n) is 8.15. The number of hydrogen-bond donors (Lipinski definition) is 1. The Morgan fingerprint density at radius 2 is 2.43 bits per heavy atom. The van der Waals surface area contributed by atoms with Crippen LogP contribution in [0.3, 0.4) is 0 Å². The third kappa shape index (κ3) is 2.63. The molecule has 0 unspecified atom stereocenters. The average Bonchev–Trinajstić information content (AvgIpc) is 2.40. The second kappa shape index (κ2) is 4.32. The van der Waals surface area contributed by atoms with Gasteiger partial charge in [0.2, 0.25) is 0 Å². The van der Waals surface area contributed by atoms with Crippen LogP contribution in [0.1, 0.15) is 5.69 Å². The maximum Gasteiger partial charge on any atom is 0.331 e. The van der Waals surface area contributed by atoms with Gasteiger partial charge in [0, 0.05) is 18.4 Å². The lowest BCUT2D eigenvalue weighted by molar-refractivity contribution is -0.132. The lowest BCUT2D eigenvalue weighted by Gasteiger charge is -2.00. The molecule has 5 heteroatoms. The minimum Gasteiger partial charge on any atom is -0.478 e. The summed E-state index contributed by atoms with van der Waals surface area (Å²) < 4.78 is 1.73. The third-order valence-corrected chi connectivity index (χ3v) is 2.83. The molecule has 0 atom stereocenters. The Morgan fingerprint density at radius 1 is 1.79 bits per heavy atom. The van der Waals surface area contributed by atoms with Gasteiger partial charge in [-0.05, 0) is 13.0 Å². The van der Waals surface area contributed by atoms with Gasteiger partial charge in [-0.15, -0.1) is 11.8 Å². The van der Waals surface area contributed by atoms with Crippen LogP contribution in [0, 0.1) is 6.92 Å². The first-order chi connectivity index (χ1) is 6.50. The van der Waals surface area contributed by atoms with Crippen molar-refractivity contribution in [2.75, 3.05) is 5.75 Å². The minimum atomic E-state index is -0.948. The van der Waals surface area contributed by atoms with Crippen molar-refractivity contribution in [3.05, 3.63) is 23.9 Å². The van der Waals surface area contributed by atoms with Gasteiger partial charge in [0.1, 0.15) is 0 Å². The second-order valence-electron chi connectivity index (χ2n) is 2.94. The molecule has 1 aromatic rings. The zero-order valence-corrected chi connectivity index (χ0v) is 8.97. The van der Waals surface area contributed by atoms with Crippen molar-refractivity contribution < 1.29 is 9.90 Å². The topological polar surface area (TPSA) is 55.1 Å². The van der Waals surface area contributed by atoms with E-state index in [0.29, 0.717) is 5.75 Å². The summed E-state index contributed by atoms with van der Waals surface area (Å²) in [5.41, 5.74) is 1.13. The van der Waals surface area contributed by atoms with Crippen LogP contribution in [0.25, 0.3) is 0 Å². The number of carboxylic acids is 1. The highest BCUT2D eigenvalue weighted by Gasteiger charge is 2.07. The number of aryl methyl sites for hydroxylation is 2. The molecule has 0 saturated carbocycles. The highest BCUT2D eigenvalue weighted by atomic mass is 32.2. The van der Waals surface area contributed by atoms with E-state index < -0.39 is 5.97 Å². The fourth-order valence-corrected chi connectivity index (χ4v) is 1.87. The van der Waals surface area contributed by atoms with E-state index in [1.807, 2.05) is 20.0 Å². The van der Waals surface area contributed by atoms with Gasteiger partial charge in [-0.25, -0.2) is 4.79 Å². The molecule has 0 radical (unpaired) electrons. The van der Waals surface area contributed by atoms with Crippen molar-refractivity contribution in [2.24, 2.45) is 7.05 Å². The Labute approximate surface area is 86.6 Å². The fourth-order valence-electron chi connectivity index (χ4n) is 0.945. The van der Waals surface area contributed by atoms with Crippen molar-refractivity contribution in [1.29, 1.82) is 0 Å². The van der Waals surface area contributed by atoms with Gasteiger partial charge in [0.15, 0.2) is 0 Å². The molecule has 0 aliphatic carbocycles. The summed E-state index contributed by atoms with van der Waals surface area (Å²) in [6.45, 7) is 5.35. The van der Waals surface area contributed by atoms with Crippen LogP contribution in [0.5, 0.6) is 0 Å². The predicted molar refractivity (Wildman–Crippen MR) is 55.4 cm³/mol. The second-order valence-corrected chi connectivity index (χ2v) is 3.94. The Kier molecular flexibility index (Phi) is 3.35. The van der Waals surface area contributed by atoms with Gasteiger partial charge in [-0.2, -0.15) is 5.10 Å². The van der Waals surface area contributed by atoms with Crippen LogP contribution in [0.4, 0.5) is 0 Å². The maximum absolute atomic E-state index is 10.5. The molecule has 0 aliphatic heterocycles. The van der Waals surface area contributed by atoms with Gasteiger partial charge >= 0.3 is 5.97 Å². The number of rotatable bonds is 4. The first-order valence-electron chi connectivity index (χ1n) is 4.05. The van der Waals surface area contributed by atoms with E-state index >= 15 is 0 Å². The molecule has 1 aromatic heterocycles. The summed E-state index contributed by atoms with van der Waals surface area (Å²) >= 11 is 1.42. The molecule has 4 nitrogen and oxygen atoms in total. The van der Waals surface area contributed by atoms with Crippen LogP contribution in [0.2, 0.25) is 0 Å². The molecule has 0 fully saturated rings. The number of carboxylic acid groups (broad SMARTS) is 1. The maximum atomic E-state index is 10.5. The van der Waals surface area contributed by atoms with Gasteiger partial charge in [-0.3, -0.25) is 4.68 Å². The molecule has 0 amide bonds. The summed E-state index contributed by atoms with van der Waals surface area (Å²) in [4.78, 5) is 10.5. The normalized spacial score (nSPS) is 10.1. The smallest absolute Gasteiger partial charge is 0.331 e. The van der Waals surface area contributed by atoms with Gasteiger partial charge in [-0.1, -0.05) is 6.58 Å². The van der Waals surface area contributed by atoms with Crippen LogP contribution in [0.15, 0.2) is 23.2 Å². The standard InChI is InChI=1S/C9H12N2O2S/c1-6(9(12)13)5-14-8-4-7(2)10-11(8)3/h4H,1,5H2,2-3H3,(H,12,13). The van der Waals surface area contributed by atoms with Crippen molar-refractivity contribution in [2.45, 2.75) is 11.9 Å². The quantitative estimate of drug-likeness (QED) is 0.606. The summed E-state index contributed by atoms with van der Waals surface area (Å²) in [5, 5.41) is 13.7. The minimum absolute atomic E-state index is 0.203. The van der Waals surface area contributed by atoms with Gasteiger partial charge < -0.3 is 5.11 Å². The van der Waals surface area contributed by atoms with Crippen molar-refractivity contribution in [1.82, 2.24) is 9.78 Å². The SMILES string of the molecule is C=C(CSc1cc(C)nn1C)C(=O)O. The van der Waals surface area contributed by atoms with E-state index in [1.165, 1.54) is 11.8 Å². The number of carbonyl (C=O) groups is 1. The van der Waals surface area contributed by atoms with Crippen LogP contribution in [-0.2, 0) is 11.8 Å². The summed E-state index contributed by atoms with van der Waals surface area (Å²) in [6, 6.07) is 1.92. The number of aromatic nitrogens is 2. The first-order valence-corrected chi connectivity index (χ1v) is 5.04. The Balaban J connectivity index is 2.58. The molecular formula is C9H12N2O2S. The van der Waals surface area contributed by atoms with Crippen LogP contribution < -0.4 is 0 Å². The van der Waals surface area contributed by atoms with Crippen LogP contribution >= 0.6 is 11.8 Å². The Morgan fingerprint density at radius 3 is 2.86 bits per heavy atom. The Bertz CT molecular complexity index is 371. The molecule has 76 valence electrons.